The number of fused-ring (bicyclic) bond motifs is 3. The molecule has 0 spiro atoms. The number of ether oxygens (including phenoxy) is 1. The Morgan fingerprint density at radius 2 is 1.25 bits per heavy atom. The summed E-state index contributed by atoms with van der Waals surface area (Å²) >= 11 is 2.10. The third kappa shape index (κ3) is 11.7. The zero-order valence-electron chi connectivity index (χ0n) is 30.2. The normalized spacial score (nSPS) is 13.5. The Kier molecular flexibility index (Phi) is 14.2. The minimum atomic E-state index is -4.19. The van der Waals surface area contributed by atoms with Gasteiger partial charge in [0.25, 0.3) is 0 Å². The molecule has 280 valence electrons. The average molecular weight is 772 g/mol. The van der Waals surface area contributed by atoms with E-state index in [9.17, 15) is 28.8 Å². The van der Waals surface area contributed by atoms with E-state index in [-0.39, 0.29) is 59.6 Å². The fourth-order valence-corrected chi connectivity index (χ4v) is 8.13. The lowest BCUT2D eigenvalue weighted by molar-refractivity contribution is -0.139. The molecule has 3 aromatic rings. The van der Waals surface area contributed by atoms with Crippen molar-refractivity contribution in [3.63, 3.8) is 0 Å². The van der Waals surface area contributed by atoms with Crippen molar-refractivity contribution in [2.75, 3.05) is 31.3 Å². The van der Waals surface area contributed by atoms with Gasteiger partial charge >= 0.3 is 19.9 Å². The number of phosphoric ester groups is 1. The van der Waals surface area contributed by atoms with E-state index in [1.54, 1.807) is 53.7 Å². The highest BCUT2D eigenvalue weighted by Gasteiger charge is 2.32. The third-order valence-corrected chi connectivity index (χ3v) is 11.8. The molecule has 0 aromatic heterocycles. The molecule has 0 fully saturated rings. The topological polar surface area (TPSA) is 155 Å². The number of hydrogen-bond donors (Lipinski definition) is 2. The zero-order chi connectivity index (χ0) is 38.1. The van der Waals surface area contributed by atoms with Gasteiger partial charge in [-0.1, -0.05) is 126 Å². The van der Waals surface area contributed by atoms with Gasteiger partial charge < -0.3 is 19.7 Å². The van der Waals surface area contributed by atoms with E-state index in [1.165, 1.54) is 12.1 Å². The molecule has 1 amide bonds. The first-order valence-electron chi connectivity index (χ1n) is 16.8. The largest absolute Gasteiger partial charge is 0.530 e. The second-order valence-electron chi connectivity index (χ2n) is 14.2. The predicted octanol–water partition coefficient (Wildman–Crippen LogP) is 8.35. The van der Waals surface area contributed by atoms with Crippen LogP contribution in [0.25, 0.3) is 11.1 Å². The predicted molar refractivity (Wildman–Crippen MR) is 204 cm³/mol. The lowest BCUT2D eigenvalue weighted by Gasteiger charge is -2.20. The molecular formula is C38H46NO10PS2. The van der Waals surface area contributed by atoms with Crippen molar-refractivity contribution >= 4 is 53.6 Å². The minimum Gasteiger partial charge on any atom is -0.480 e. The van der Waals surface area contributed by atoms with Crippen molar-refractivity contribution in [3.05, 3.63) is 89.5 Å². The van der Waals surface area contributed by atoms with Crippen LogP contribution in [-0.4, -0.2) is 64.8 Å². The van der Waals surface area contributed by atoms with E-state index in [1.807, 2.05) is 48.5 Å². The zero-order valence-corrected chi connectivity index (χ0v) is 32.7. The highest BCUT2D eigenvalue weighted by molar-refractivity contribution is 8.14. The van der Waals surface area contributed by atoms with Gasteiger partial charge in [0.1, 0.15) is 18.4 Å². The van der Waals surface area contributed by atoms with Gasteiger partial charge in [0.05, 0.1) is 13.2 Å². The second-order valence-corrected chi connectivity index (χ2v) is 17.9. The maximum atomic E-state index is 13.6. The third-order valence-electron chi connectivity index (χ3n) is 7.87. The number of carbonyl (C=O) groups is 4. The van der Waals surface area contributed by atoms with E-state index in [0.29, 0.717) is 5.56 Å². The summed E-state index contributed by atoms with van der Waals surface area (Å²) in [6.45, 7) is 10.7. The van der Waals surface area contributed by atoms with Crippen LogP contribution in [0.15, 0.2) is 72.8 Å². The molecule has 3 aromatic carbocycles. The molecule has 1 atom stereocenters. The van der Waals surface area contributed by atoms with Gasteiger partial charge in [-0.15, -0.1) is 0 Å². The Morgan fingerprint density at radius 3 is 1.71 bits per heavy atom. The van der Waals surface area contributed by atoms with E-state index in [2.05, 4.69) is 5.32 Å². The molecule has 0 radical (unpaired) electrons. The second kappa shape index (κ2) is 17.9. The number of rotatable bonds is 16. The Labute approximate surface area is 313 Å². The highest BCUT2D eigenvalue weighted by Crippen LogP contribution is 2.50. The number of hydrogen-bond acceptors (Lipinski definition) is 11. The van der Waals surface area contributed by atoms with Gasteiger partial charge in [0.15, 0.2) is 10.2 Å². The fraction of sp³-hybridized carbons (Fsp3) is 0.421. The molecule has 0 heterocycles. The number of thioether (sulfide) groups is 2. The number of alkyl carbamates (subject to hydrolysis) is 1. The molecule has 4 rings (SSSR count). The minimum absolute atomic E-state index is 0.0413. The first kappa shape index (κ1) is 41.2. The summed E-state index contributed by atoms with van der Waals surface area (Å²) in [5, 5.41) is 12.2. The molecule has 2 N–H and O–H groups in total. The molecule has 1 aliphatic carbocycles. The number of nitrogens with one attached hydrogen (secondary N) is 1. The number of phosphoric acid groups is 1. The fourth-order valence-electron chi connectivity index (χ4n) is 5.12. The SMILES string of the molecule is CC(C)(C)C(=O)SCCOP(=O)(OCCSC(=O)C(C)(C)C)Oc1ccc(C[C@H](NC(=O)OCC2c3ccccc3-c3ccccc32)C(=O)O)cc1. The average Bonchev–Trinajstić information content (AvgIpc) is 3.40. The van der Waals surface area contributed by atoms with Crippen LogP contribution in [0.5, 0.6) is 5.75 Å². The van der Waals surface area contributed by atoms with Crippen LogP contribution in [0.1, 0.15) is 64.2 Å². The lowest BCUT2D eigenvalue weighted by Crippen LogP contribution is -2.42. The summed E-state index contributed by atoms with van der Waals surface area (Å²) in [5.41, 5.74) is 3.68. The molecule has 11 nitrogen and oxygen atoms in total. The molecule has 0 unspecified atom stereocenters. The van der Waals surface area contributed by atoms with E-state index >= 15 is 0 Å². The monoisotopic (exact) mass is 771 g/mol. The van der Waals surface area contributed by atoms with Crippen LogP contribution in [0.2, 0.25) is 0 Å². The van der Waals surface area contributed by atoms with E-state index in [4.69, 9.17) is 18.3 Å². The maximum absolute atomic E-state index is 13.6. The molecule has 14 heteroatoms. The summed E-state index contributed by atoms with van der Waals surface area (Å²) in [6.07, 6.45) is -0.920. The summed E-state index contributed by atoms with van der Waals surface area (Å²) in [6, 6.07) is 20.7. The molecule has 1 aliphatic rings. The summed E-state index contributed by atoms with van der Waals surface area (Å²) < 4.78 is 35.9. The van der Waals surface area contributed by atoms with E-state index < -0.39 is 36.8 Å². The van der Waals surface area contributed by atoms with Crippen LogP contribution in [0.3, 0.4) is 0 Å². The van der Waals surface area contributed by atoms with Crippen LogP contribution in [0, 0.1) is 10.8 Å². The van der Waals surface area contributed by atoms with Gasteiger partial charge in [-0.25, -0.2) is 14.2 Å². The molecule has 0 saturated heterocycles. The van der Waals surface area contributed by atoms with Crippen molar-refractivity contribution in [3.8, 4) is 16.9 Å². The number of carboxylic acids is 1. The summed E-state index contributed by atoms with van der Waals surface area (Å²) in [4.78, 5) is 49.5. The molecule has 0 bridgehead atoms. The molecule has 52 heavy (non-hydrogen) atoms. The Morgan fingerprint density at radius 1 is 0.769 bits per heavy atom. The number of carbonyl (C=O) groups excluding carboxylic acids is 3. The lowest BCUT2D eigenvalue weighted by atomic mass is 9.98. The molecular weight excluding hydrogens is 726 g/mol. The van der Waals surface area contributed by atoms with Gasteiger partial charge in [-0.2, -0.15) is 0 Å². The smallest absolute Gasteiger partial charge is 0.480 e. The van der Waals surface area contributed by atoms with E-state index in [0.717, 1.165) is 45.8 Å². The van der Waals surface area contributed by atoms with Gasteiger partial charge in [0.2, 0.25) is 0 Å². The molecule has 0 saturated carbocycles. The number of aliphatic carboxylic acids is 1. The highest BCUT2D eigenvalue weighted by atomic mass is 32.2. The molecule has 0 aliphatic heterocycles. The Bertz CT molecular complexity index is 1700. The van der Waals surface area contributed by atoms with Crippen LogP contribution in [0.4, 0.5) is 4.79 Å². The number of amides is 1. The number of benzene rings is 3. The Hall–Kier alpha value is -3.61. The number of carboxylic acid groups (broad SMARTS) is 1. The van der Waals surface area contributed by atoms with Gasteiger partial charge in [-0.05, 0) is 39.9 Å². The van der Waals surface area contributed by atoms with Crippen LogP contribution in [-0.2, 0) is 39.2 Å². The standard InChI is InChI=1S/C38H46NO10PS2/c1-37(2,3)34(42)51-21-19-47-50(45,48-20-22-52-35(43)38(4,5)6)49-26-17-15-25(16-18-26)23-32(33(40)41)39-36(44)46-24-31-29-13-9-7-11-27(29)28-12-8-10-14-30(28)31/h7-18,31-32H,19-24H2,1-6H3,(H,39,44)(H,40,41)/t32-/m0/s1. The quantitative estimate of drug-likeness (QED) is 0.106. The van der Waals surface area contributed by atoms with Gasteiger partial charge in [0, 0.05) is 34.7 Å². The van der Waals surface area contributed by atoms with Crippen molar-refractivity contribution in [1.29, 1.82) is 0 Å². The van der Waals surface area contributed by atoms with Crippen molar-refractivity contribution in [1.82, 2.24) is 5.32 Å². The van der Waals surface area contributed by atoms with Crippen molar-refractivity contribution in [2.24, 2.45) is 10.8 Å². The Balaban J connectivity index is 1.34. The maximum Gasteiger partial charge on any atom is 0.530 e. The first-order valence-corrected chi connectivity index (χ1v) is 20.3. The first-order chi connectivity index (χ1) is 24.5. The van der Waals surface area contributed by atoms with Crippen LogP contribution < -0.4 is 9.84 Å². The van der Waals surface area contributed by atoms with Crippen LogP contribution >= 0.6 is 31.3 Å². The van der Waals surface area contributed by atoms with Gasteiger partial charge in [-0.3, -0.25) is 18.6 Å². The van der Waals surface area contributed by atoms with Crippen molar-refractivity contribution < 1.29 is 47.2 Å². The summed E-state index contributed by atoms with van der Waals surface area (Å²) in [5.74, 6) is -0.856. The summed E-state index contributed by atoms with van der Waals surface area (Å²) in [7, 11) is -4.19. The van der Waals surface area contributed by atoms with Crippen molar-refractivity contribution in [2.45, 2.75) is 59.9 Å².